The molecule has 0 aliphatic carbocycles. The first-order valence-corrected chi connectivity index (χ1v) is 7.15. The highest BCUT2D eigenvalue weighted by atomic mass is 16.2. The number of benzene rings is 1. The molecule has 0 bridgehead atoms. The number of piperazine rings is 1. The van der Waals surface area contributed by atoms with Crippen LogP contribution < -0.4 is 10.2 Å². The zero-order chi connectivity index (χ0) is 14.9. The normalized spacial score (nSPS) is 23.1. The number of carbonyl (C=O) groups is 2. The van der Waals surface area contributed by atoms with Gasteiger partial charge in [-0.05, 0) is 37.0 Å². The van der Waals surface area contributed by atoms with Crippen LogP contribution in [0.5, 0.6) is 0 Å². The first kappa shape index (κ1) is 14.6. The number of aryl methyl sites for hydroxylation is 1. The van der Waals surface area contributed by atoms with Gasteiger partial charge in [-0.2, -0.15) is 0 Å². The summed E-state index contributed by atoms with van der Waals surface area (Å²) >= 11 is 0. The number of rotatable bonds is 3. The van der Waals surface area contributed by atoms with Gasteiger partial charge >= 0.3 is 0 Å². The average molecular weight is 274 g/mol. The maximum absolute atomic E-state index is 12.7. The van der Waals surface area contributed by atoms with Crippen LogP contribution in [0.3, 0.4) is 0 Å². The van der Waals surface area contributed by atoms with E-state index in [1.165, 1.54) is 0 Å². The molecule has 1 aliphatic heterocycles. The smallest absolute Gasteiger partial charge is 0.250 e. The molecule has 108 valence electrons. The summed E-state index contributed by atoms with van der Waals surface area (Å²) in [4.78, 5) is 26.6. The van der Waals surface area contributed by atoms with Gasteiger partial charge in [-0.15, -0.1) is 0 Å². The molecule has 2 rings (SSSR count). The van der Waals surface area contributed by atoms with Gasteiger partial charge in [0.25, 0.3) is 5.91 Å². The van der Waals surface area contributed by atoms with E-state index in [0.717, 1.165) is 11.3 Å². The van der Waals surface area contributed by atoms with Crippen molar-refractivity contribution in [1.82, 2.24) is 5.32 Å². The number of anilines is 1. The van der Waals surface area contributed by atoms with Crippen LogP contribution in [0.15, 0.2) is 24.3 Å². The maximum atomic E-state index is 12.7. The van der Waals surface area contributed by atoms with Gasteiger partial charge in [0.1, 0.15) is 12.1 Å². The highest BCUT2D eigenvalue weighted by molar-refractivity contribution is 6.08. The molecular formula is C16H22N2O2. The monoisotopic (exact) mass is 274 g/mol. The predicted octanol–water partition coefficient (Wildman–Crippen LogP) is 2.26. The summed E-state index contributed by atoms with van der Waals surface area (Å²) in [7, 11) is 0. The number of amides is 2. The van der Waals surface area contributed by atoms with E-state index < -0.39 is 12.1 Å². The van der Waals surface area contributed by atoms with Crippen molar-refractivity contribution in [2.45, 2.75) is 46.2 Å². The van der Waals surface area contributed by atoms with E-state index in [1.54, 1.807) is 4.90 Å². The fourth-order valence-corrected chi connectivity index (χ4v) is 2.64. The van der Waals surface area contributed by atoms with E-state index in [2.05, 4.69) is 5.32 Å². The molecule has 0 spiro atoms. The number of hydrogen-bond acceptors (Lipinski definition) is 2. The third-order valence-electron chi connectivity index (χ3n) is 3.75. The number of hydrogen-bond donors (Lipinski definition) is 1. The third-order valence-corrected chi connectivity index (χ3v) is 3.75. The first-order chi connectivity index (χ1) is 9.45. The Morgan fingerprint density at radius 2 is 2.00 bits per heavy atom. The van der Waals surface area contributed by atoms with Crippen molar-refractivity contribution >= 4 is 17.5 Å². The zero-order valence-electron chi connectivity index (χ0n) is 12.5. The minimum absolute atomic E-state index is 0.0166. The molecule has 1 aromatic rings. The number of nitrogens with one attached hydrogen (secondary N) is 1. The molecule has 1 heterocycles. The predicted molar refractivity (Wildman–Crippen MR) is 79.5 cm³/mol. The molecule has 0 radical (unpaired) electrons. The van der Waals surface area contributed by atoms with E-state index in [9.17, 15) is 9.59 Å². The molecule has 1 fully saturated rings. The summed E-state index contributed by atoms with van der Waals surface area (Å²) in [6, 6.07) is 6.89. The van der Waals surface area contributed by atoms with Gasteiger partial charge < -0.3 is 5.32 Å². The van der Waals surface area contributed by atoms with E-state index in [4.69, 9.17) is 0 Å². The van der Waals surface area contributed by atoms with E-state index >= 15 is 0 Å². The van der Waals surface area contributed by atoms with Crippen LogP contribution in [0.25, 0.3) is 0 Å². The van der Waals surface area contributed by atoms with Crippen molar-refractivity contribution in [3.63, 3.8) is 0 Å². The third kappa shape index (κ3) is 2.55. The minimum Gasteiger partial charge on any atom is -0.342 e. The molecule has 1 N–H and O–H groups in total. The Bertz CT molecular complexity index is 525. The summed E-state index contributed by atoms with van der Waals surface area (Å²) in [5.74, 6) is 0.000853. The molecule has 0 aromatic heterocycles. The summed E-state index contributed by atoms with van der Waals surface area (Å²) in [5, 5.41) is 2.85. The van der Waals surface area contributed by atoms with Gasteiger partial charge in [-0.3, -0.25) is 14.5 Å². The van der Waals surface area contributed by atoms with E-state index in [1.807, 2.05) is 52.0 Å². The van der Waals surface area contributed by atoms with E-state index in [0.29, 0.717) is 6.42 Å². The lowest BCUT2D eigenvalue weighted by molar-refractivity contribution is -0.134. The van der Waals surface area contributed by atoms with Crippen molar-refractivity contribution < 1.29 is 9.59 Å². The molecular weight excluding hydrogens is 252 g/mol. The second-order valence-electron chi connectivity index (χ2n) is 5.70. The van der Waals surface area contributed by atoms with Crippen LogP contribution >= 0.6 is 0 Å². The van der Waals surface area contributed by atoms with Crippen molar-refractivity contribution in [3.05, 3.63) is 29.8 Å². The van der Waals surface area contributed by atoms with Gasteiger partial charge in [0.2, 0.25) is 5.91 Å². The molecule has 2 amide bonds. The second kappa shape index (κ2) is 5.65. The molecule has 1 aromatic carbocycles. The Hall–Kier alpha value is -1.84. The summed E-state index contributed by atoms with van der Waals surface area (Å²) in [5.41, 5.74) is 1.89. The minimum atomic E-state index is -0.439. The lowest BCUT2D eigenvalue weighted by Crippen LogP contribution is -2.64. The van der Waals surface area contributed by atoms with Crippen molar-refractivity contribution in [1.29, 1.82) is 0 Å². The van der Waals surface area contributed by atoms with Crippen molar-refractivity contribution in [3.8, 4) is 0 Å². The highest BCUT2D eigenvalue weighted by Crippen LogP contribution is 2.25. The van der Waals surface area contributed by atoms with Crippen LogP contribution in [-0.2, 0) is 9.59 Å². The quantitative estimate of drug-likeness (QED) is 0.919. The van der Waals surface area contributed by atoms with E-state index in [-0.39, 0.29) is 17.7 Å². The SMILES string of the molecule is CCC1C(=O)NC(C(C)C)C(=O)N1c1cccc(C)c1. The second-order valence-corrected chi connectivity index (χ2v) is 5.70. The van der Waals surface area contributed by atoms with Gasteiger partial charge in [0.15, 0.2) is 0 Å². The average Bonchev–Trinajstić information content (AvgIpc) is 2.40. The maximum Gasteiger partial charge on any atom is 0.250 e. The molecule has 1 aliphatic rings. The molecule has 2 atom stereocenters. The Morgan fingerprint density at radius 1 is 1.30 bits per heavy atom. The van der Waals surface area contributed by atoms with Crippen molar-refractivity contribution in [2.75, 3.05) is 4.90 Å². The Labute approximate surface area is 120 Å². The lowest BCUT2D eigenvalue weighted by atomic mass is 9.96. The van der Waals surface area contributed by atoms with Gasteiger partial charge in [0.05, 0.1) is 0 Å². The topological polar surface area (TPSA) is 49.4 Å². The molecule has 1 saturated heterocycles. The van der Waals surface area contributed by atoms with Gasteiger partial charge in [-0.1, -0.05) is 32.9 Å². The van der Waals surface area contributed by atoms with Crippen LogP contribution in [-0.4, -0.2) is 23.9 Å². The Balaban J connectivity index is 2.44. The summed E-state index contributed by atoms with van der Waals surface area (Å²) < 4.78 is 0. The Kier molecular flexibility index (Phi) is 4.12. The van der Waals surface area contributed by atoms with Gasteiger partial charge in [0, 0.05) is 5.69 Å². The largest absolute Gasteiger partial charge is 0.342 e. The standard InChI is InChI=1S/C16H22N2O2/c1-5-13-15(19)17-14(10(2)3)16(20)18(13)12-8-6-7-11(4)9-12/h6-10,13-14H,5H2,1-4H3,(H,17,19). The molecule has 4 heteroatoms. The summed E-state index contributed by atoms with van der Waals surface area (Å²) in [6.07, 6.45) is 0.607. The molecule has 2 unspecified atom stereocenters. The highest BCUT2D eigenvalue weighted by Gasteiger charge is 2.41. The van der Waals surface area contributed by atoms with Crippen LogP contribution in [0.2, 0.25) is 0 Å². The summed E-state index contributed by atoms with van der Waals surface area (Å²) in [6.45, 7) is 7.81. The Morgan fingerprint density at radius 3 is 2.55 bits per heavy atom. The fraction of sp³-hybridized carbons (Fsp3) is 0.500. The van der Waals surface area contributed by atoms with Gasteiger partial charge in [-0.25, -0.2) is 0 Å². The van der Waals surface area contributed by atoms with Crippen LogP contribution in [0, 0.1) is 12.8 Å². The number of nitrogens with zero attached hydrogens (tertiary/aromatic N) is 1. The lowest BCUT2D eigenvalue weighted by Gasteiger charge is -2.40. The number of carbonyl (C=O) groups excluding carboxylic acids is 2. The zero-order valence-corrected chi connectivity index (χ0v) is 12.5. The van der Waals surface area contributed by atoms with Crippen LogP contribution in [0.4, 0.5) is 5.69 Å². The fourth-order valence-electron chi connectivity index (χ4n) is 2.64. The first-order valence-electron chi connectivity index (χ1n) is 7.15. The molecule has 4 nitrogen and oxygen atoms in total. The molecule has 20 heavy (non-hydrogen) atoms. The molecule has 0 saturated carbocycles. The van der Waals surface area contributed by atoms with Crippen LogP contribution in [0.1, 0.15) is 32.8 Å². The van der Waals surface area contributed by atoms with Crippen molar-refractivity contribution in [2.24, 2.45) is 5.92 Å².